The standard InChI is InChI=1S/C16H12ClFN2S/c1-10-8-13(18)6-7-14(10)19-16-20-15(9-21-16)11-2-4-12(17)5-3-11/h2-9H,1H3,(H,19,20). The lowest BCUT2D eigenvalue weighted by Gasteiger charge is -2.06. The number of nitrogens with one attached hydrogen (secondary N) is 1. The Kier molecular flexibility index (Phi) is 3.90. The number of hydrogen-bond donors (Lipinski definition) is 1. The summed E-state index contributed by atoms with van der Waals surface area (Å²) in [5.74, 6) is -0.237. The van der Waals surface area contributed by atoms with E-state index in [-0.39, 0.29) is 5.82 Å². The van der Waals surface area contributed by atoms with E-state index in [1.54, 1.807) is 6.07 Å². The van der Waals surface area contributed by atoms with Crippen LogP contribution in [0, 0.1) is 12.7 Å². The van der Waals surface area contributed by atoms with Crippen molar-refractivity contribution in [1.82, 2.24) is 4.98 Å². The van der Waals surface area contributed by atoms with Crippen molar-refractivity contribution in [1.29, 1.82) is 0 Å². The summed E-state index contributed by atoms with van der Waals surface area (Å²) in [4.78, 5) is 4.54. The van der Waals surface area contributed by atoms with Crippen LogP contribution < -0.4 is 5.32 Å². The monoisotopic (exact) mass is 318 g/mol. The van der Waals surface area contributed by atoms with E-state index >= 15 is 0 Å². The molecule has 1 aromatic heterocycles. The Morgan fingerprint density at radius 2 is 1.90 bits per heavy atom. The summed E-state index contributed by atoms with van der Waals surface area (Å²) in [6, 6.07) is 12.2. The predicted molar refractivity (Wildman–Crippen MR) is 87.0 cm³/mol. The Hall–Kier alpha value is -1.91. The molecule has 0 unspecified atom stereocenters. The topological polar surface area (TPSA) is 24.9 Å². The zero-order valence-corrected chi connectivity index (χ0v) is 12.8. The molecule has 0 spiro atoms. The van der Waals surface area contributed by atoms with E-state index in [1.807, 2.05) is 36.6 Å². The van der Waals surface area contributed by atoms with E-state index in [9.17, 15) is 4.39 Å². The van der Waals surface area contributed by atoms with Crippen molar-refractivity contribution in [3.05, 3.63) is 64.2 Å². The van der Waals surface area contributed by atoms with Crippen LogP contribution in [0.4, 0.5) is 15.2 Å². The molecule has 106 valence electrons. The first kappa shape index (κ1) is 14.0. The Labute approximate surface area is 131 Å². The van der Waals surface area contributed by atoms with Gasteiger partial charge >= 0.3 is 0 Å². The molecule has 0 fully saturated rings. The molecule has 2 aromatic carbocycles. The quantitative estimate of drug-likeness (QED) is 0.674. The van der Waals surface area contributed by atoms with Gasteiger partial charge in [0.05, 0.1) is 5.69 Å². The van der Waals surface area contributed by atoms with Gasteiger partial charge in [-0.3, -0.25) is 0 Å². The second-order valence-corrected chi connectivity index (χ2v) is 5.92. The highest BCUT2D eigenvalue weighted by Crippen LogP contribution is 2.29. The summed E-state index contributed by atoms with van der Waals surface area (Å²) < 4.78 is 13.1. The molecule has 0 radical (unpaired) electrons. The Balaban J connectivity index is 1.83. The lowest BCUT2D eigenvalue weighted by atomic mass is 10.2. The molecule has 2 nitrogen and oxygen atoms in total. The first-order valence-electron chi connectivity index (χ1n) is 6.36. The third-order valence-electron chi connectivity index (χ3n) is 3.07. The molecule has 5 heteroatoms. The van der Waals surface area contributed by atoms with Gasteiger partial charge < -0.3 is 5.32 Å². The van der Waals surface area contributed by atoms with Gasteiger partial charge in [-0.1, -0.05) is 23.7 Å². The molecule has 0 bridgehead atoms. The molecule has 21 heavy (non-hydrogen) atoms. The average molecular weight is 319 g/mol. The van der Waals surface area contributed by atoms with Crippen molar-refractivity contribution >= 4 is 33.8 Å². The molecule has 1 N–H and O–H groups in total. The smallest absolute Gasteiger partial charge is 0.187 e. The van der Waals surface area contributed by atoms with Crippen molar-refractivity contribution in [2.45, 2.75) is 6.92 Å². The van der Waals surface area contributed by atoms with E-state index < -0.39 is 0 Å². The molecule has 0 aliphatic heterocycles. The van der Waals surface area contributed by atoms with E-state index in [0.717, 1.165) is 27.6 Å². The largest absolute Gasteiger partial charge is 0.331 e. The molecule has 0 aliphatic rings. The summed E-state index contributed by atoms with van der Waals surface area (Å²) in [6.07, 6.45) is 0. The molecular weight excluding hydrogens is 307 g/mol. The summed E-state index contributed by atoms with van der Waals surface area (Å²) in [6.45, 7) is 1.86. The highest BCUT2D eigenvalue weighted by molar-refractivity contribution is 7.14. The van der Waals surface area contributed by atoms with Gasteiger partial charge in [-0.2, -0.15) is 0 Å². The van der Waals surface area contributed by atoms with Crippen molar-refractivity contribution in [2.75, 3.05) is 5.32 Å². The first-order chi connectivity index (χ1) is 10.1. The number of aromatic nitrogens is 1. The predicted octanol–water partition coefficient (Wildman–Crippen LogP) is 5.65. The maximum Gasteiger partial charge on any atom is 0.187 e. The highest BCUT2D eigenvalue weighted by atomic mass is 35.5. The second kappa shape index (κ2) is 5.84. The zero-order valence-electron chi connectivity index (χ0n) is 11.2. The average Bonchev–Trinajstić information content (AvgIpc) is 2.91. The van der Waals surface area contributed by atoms with E-state index in [2.05, 4.69) is 10.3 Å². The summed E-state index contributed by atoms with van der Waals surface area (Å²) in [5.41, 5.74) is 3.60. The van der Waals surface area contributed by atoms with Crippen molar-refractivity contribution in [2.24, 2.45) is 0 Å². The van der Waals surface area contributed by atoms with E-state index in [0.29, 0.717) is 5.02 Å². The Morgan fingerprint density at radius 3 is 2.62 bits per heavy atom. The summed E-state index contributed by atoms with van der Waals surface area (Å²) in [5, 5.41) is 6.67. The normalized spacial score (nSPS) is 10.6. The van der Waals surface area contributed by atoms with Gasteiger partial charge in [0, 0.05) is 21.7 Å². The molecule has 0 aliphatic carbocycles. The molecule has 0 atom stereocenters. The first-order valence-corrected chi connectivity index (χ1v) is 7.62. The van der Waals surface area contributed by atoms with Gasteiger partial charge in [0.25, 0.3) is 0 Å². The number of hydrogen-bond acceptors (Lipinski definition) is 3. The fourth-order valence-electron chi connectivity index (χ4n) is 1.97. The van der Waals surface area contributed by atoms with Gasteiger partial charge in [-0.15, -0.1) is 11.3 Å². The van der Waals surface area contributed by atoms with Crippen LogP contribution in [0.2, 0.25) is 5.02 Å². The maximum absolute atomic E-state index is 13.1. The second-order valence-electron chi connectivity index (χ2n) is 4.63. The molecule has 0 amide bonds. The van der Waals surface area contributed by atoms with Crippen LogP contribution in [0.5, 0.6) is 0 Å². The number of halogens is 2. The number of rotatable bonds is 3. The summed E-state index contributed by atoms with van der Waals surface area (Å²) >= 11 is 7.39. The van der Waals surface area contributed by atoms with Crippen LogP contribution in [-0.2, 0) is 0 Å². The van der Waals surface area contributed by atoms with Gasteiger partial charge in [0.2, 0.25) is 0 Å². The Bertz CT molecular complexity index is 768. The zero-order chi connectivity index (χ0) is 14.8. The lowest BCUT2D eigenvalue weighted by Crippen LogP contribution is -1.93. The van der Waals surface area contributed by atoms with Crippen LogP contribution in [0.25, 0.3) is 11.3 Å². The molecule has 1 heterocycles. The van der Waals surface area contributed by atoms with Gasteiger partial charge in [0.15, 0.2) is 5.13 Å². The van der Waals surface area contributed by atoms with Crippen molar-refractivity contribution < 1.29 is 4.39 Å². The van der Waals surface area contributed by atoms with Crippen molar-refractivity contribution in [3.8, 4) is 11.3 Å². The van der Waals surface area contributed by atoms with Crippen LogP contribution in [0.3, 0.4) is 0 Å². The number of anilines is 2. The van der Waals surface area contributed by atoms with Gasteiger partial charge in [-0.05, 0) is 42.8 Å². The Morgan fingerprint density at radius 1 is 1.14 bits per heavy atom. The minimum atomic E-state index is -0.237. The van der Waals surface area contributed by atoms with Gasteiger partial charge in [0.1, 0.15) is 5.82 Å². The fourth-order valence-corrected chi connectivity index (χ4v) is 2.82. The van der Waals surface area contributed by atoms with Crippen LogP contribution >= 0.6 is 22.9 Å². The molecular formula is C16H12ClFN2S. The molecule has 3 aromatic rings. The van der Waals surface area contributed by atoms with Crippen molar-refractivity contribution in [3.63, 3.8) is 0 Å². The third-order valence-corrected chi connectivity index (χ3v) is 4.08. The fraction of sp³-hybridized carbons (Fsp3) is 0.0625. The maximum atomic E-state index is 13.1. The minimum Gasteiger partial charge on any atom is -0.331 e. The summed E-state index contributed by atoms with van der Waals surface area (Å²) in [7, 11) is 0. The van der Waals surface area contributed by atoms with Crippen LogP contribution in [0.15, 0.2) is 47.8 Å². The molecule has 0 saturated carbocycles. The van der Waals surface area contributed by atoms with Crippen LogP contribution in [-0.4, -0.2) is 4.98 Å². The van der Waals surface area contributed by atoms with Crippen LogP contribution in [0.1, 0.15) is 5.56 Å². The molecule has 0 saturated heterocycles. The number of benzene rings is 2. The highest BCUT2D eigenvalue weighted by Gasteiger charge is 2.06. The number of nitrogens with zero attached hydrogens (tertiary/aromatic N) is 1. The SMILES string of the molecule is Cc1cc(F)ccc1Nc1nc(-c2ccc(Cl)cc2)cs1. The van der Waals surface area contributed by atoms with Gasteiger partial charge in [-0.25, -0.2) is 9.37 Å². The number of aryl methyl sites for hydroxylation is 1. The minimum absolute atomic E-state index is 0.237. The molecule has 3 rings (SSSR count). The third kappa shape index (κ3) is 3.23. The van der Waals surface area contributed by atoms with E-state index in [4.69, 9.17) is 11.6 Å². The number of thiazole rings is 1. The van der Waals surface area contributed by atoms with E-state index in [1.165, 1.54) is 23.5 Å². The lowest BCUT2D eigenvalue weighted by molar-refractivity contribution is 0.627.